The number of allylic oxidation sites excluding steroid dienone is 2. The summed E-state index contributed by atoms with van der Waals surface area (Å²) in [5.74, 6) is 0. The van der Waals surface area contributed by atoms with E-state index < -0.39 is 0 Å². The topological polar surface area (TPSA) is 49.2 Å². The fourth-order valence-corrected chi connectivity index (χ4v) is 7.79. The molecule has 1 aliphatic carbocycles. The van der Waals surface area contributed by atoms with Gasteiger partial charge in [-0.15, -0.1) is 0 Å². The molecule has 45 heavy (non-hydrogen) atoms. The molecule has 0 radical (unpaired) electrons. The average Bonchev–Trinajstić information content (AvgIpc) is 3.43. The molecule has 4 heteroatoms. The molecule has 0 fully saturated rings. The quantitative estimate of drug-likeness (QED) is 0.191. The van der Waals surface area contributed by atoms with Crippen molar-refractivity contribution in [3.8, 4) is 11.1 Å². The SMILES string of the molecule is C1=CC2=C(CN1)c1ccccc1-c1cc3oc4ccc(C5Nc6ccccc6C(c6ccccc6)N5)cc4c3c3cccc2c13. The van der Waals surface area contributed by atoms with E-state index in [1.165, 1.54) is 66.2 Å². The molecule has 3 aliphatic rings. The van der Waals surface area contributed by atoms with Crippen molar-refractivity contribution in [2.75, 3.05) is 11.9 Å². The monoisotopic (exact) mass is 579 g/mol. The van der Waals surface area contributed by atoms with E-state index in [0.717, 1.165) is 28.8 Å². The van der Waals surface area contributed by atoms with E-state index in [4.69, 9.17) is 4.42 Å². The molecule has 3 heterocycles. The third kappa shape index (κ3) is 3.63. The van der Waals surface area contributed by atoms with E-state index in [-0.39, 0.29) is 12.2 Å². The minimum absolute atomic E-state index is 0.0675. The zero-order valence-corrected chi connectivity index (χ0v) is 24.5. The molecule has 7 aromatic rings. The smallest absolute Gasteiger partial charge is 0.136 e. The molecule has 2 atom stereocenters. The van der Waals surface area contributed by atoms with Gasteiger partial charge in [-0.05, 0) is 97.4 Å². The number of benzene rings is 6. The zero-order chi connectivity index (χ0) is 29.5. The number of hydrogen-bond acceptors (Lipinski definition) is 4. The van der Waals surface area contributed by atoms with E-state index in [1.54, 1.807) is 0 Å². The summed E-state index contributed by atoms with van der Waals surface area (Å²) in [6.45, 7) is 0.810. The molecule has 2 unspecified atom stereocenters. The van der Waals surface area contributed by atoms with Crippen LogP contribution in [0.4, 0.5) is 5.69 Å². The van der Waals surface area contributed by atoms with Gasteiger partial charge in [0.15, 0.2) is 0 Å². The van der Waals surface area contributed by atoms with Crippen molar-refractivity contribution >= 4 is 49.5 Å². The Kier molecular flexibility index (Phi) is 5.22. The largest absolute Gasteiger partial charge is 0.456 e. The molecule has 0 saturated carbocycles. The predicted octanol–water partition coefficient (Wildman–Crippen LogP) is 9.55. The van der Waals surface area contributed by atoms with Crippen LogP contribution in [0, 0.1) is 0 Å². The van der Waals surface area contributed by atoms with Crippen LogP contribution in [-0.4, -0.2) is 6.54 Å². The highest BCUT2D eigenvalue weighted by Crippen LogP contribution is 2.48. The molecule has 10 rings (SSSR count). The van der Waals surface area contributed by atoms with E-state index >= 15 is 0 Å². The average molecular weight is 580 g/mol. The number of anilines is 1. The second-order valence-electron chi connectivity index (χ2n) is 12.2. The highest BCUT2D eigenvalue weighted by molar-refractivity contribution is 6.26. The molecule has 0 saturated heterocycles. The Morgan fingerprint density at radius 1 is 0.600 bits per heavy atom. The molecular weight excluding hydrogens is 550 g/mol. The molecule has 0 amide bonds. The third-order valence-electron chi connectivity index (χ3n) is 9.79. The molecule has 1 aromatic heterocycles. The summed E-state index contributed by atoms with van der Waals surface area (Å²) in [7, 11) is 0. The highest BCUT2D eigenvalue weighted by atomic mass is 16.3. The number of rotatable bonds is 2. The number of nitrogens with one attached hydrogen (secondary N) is 3. The summed E-state index contributed by atoms with van der Waals surface area (Å²) in [4.78, 5) is 0. The molecule has 0 spiro atoms. The van der Waals surface area contributed by atoms with E-state index in [0.29, 0.717) is 0 Å². The van der Waals surface area contributed by atoms with Crippen LogP contribution in [0.5, 0.6) is 0 Å². The third-order valence-corrected chi connectivity index (χ3v) is 9.79. The van der Waals surface area contributed by atoms with Crippen LogP contribution >= 0.6 is 0 Å². The molecule has 3 N–H and O–H groups in total. The lowest BCUT2D eigenvalue weighted by Crippen LogP contribution is -2.37. The van der Waals surface area contributed by atoms with Gasteiger partial charge in [0.05, 0.1) is 6.04 Å². The first-order valence-corrected chi connectivity index (χ1v) is 15.6. The first-order valence-electron chi connectivity index (χ1n) is 15.6. The maximum Gasteiger partial charge on any atom is 0.136 e. The molecule has 6 aromatic carbocycles. The van der Waals surface area contributed by atoms with Gasteiger partial charge >= 0.3 is 0 Å². The lowest BCUT2D eigenvalue weighted by atomic mass is 9.90. The summed E-state index contributed by atoms with van der Waals surface area (Å²) in [5, 5.41) is 16.0. The lowest BCUT2D eigenvalue weighted by Gasteiger charge is -2.35. The highest BCUT2D eigenvalue weighted by Gasteiger charge is 2.29. The Morgan fingerprint density at radius 3 is 2.36 bits per heavy atom. The fraction of sp³-hybridized carbons (Fsp3) is 0.0732. The van der Waals surface area contributed by atoms with E-state index in [9.17, 15) is 0 Å². The van der Waals surface area contributed by atoms with Gasteiger partial charge in [-0.1, -0.05) is 97.1 Å². The van der Waals surface area contributed by atoms with Crippen molar-refractivity contribution in [2.24, 2.45) is 0 Å². The second-order valence-corrected chi connectivity index (χ2v) is 12.2. The van der Waals surface area contributed by atoms with Gasteiger partial charge in [0.1, 0.15) is 17.3 Å². The maximum atomic E-state index is 6.65. The number of fused-ring (bicyclic) bond motifs is 9. The standard InChI is InChI=1S/C41H29N3O/c1-2-9-24(10-3-1)40-30-13-6-7-16-35(30)43-41(44-40)25-17-18-36-33(21-25)39-31-15-8-14-29-28-19-20-42-23-34(28)27-12-5-4-11-26(27)32(38(29)31)22-37(39)45-36/h1-22,40-44H,23H2. The minimum atomic E-state index is -0.0675. The molecular formula is C41H29N3O. The van der Waals surface area contributed by atoms with Crippen LogP contribution in [0.3, 0.4) is 0 Å². The van der Waals surface area contributed by atoms with Crippen LogP contribution in [0.15, 0.2) is 138 Å². The van der Waals surface area contributed by atoms with Crippen LogP contribution in [0.2, 0.25) is 0 Å². The Labute approximate surface area is 260 Å². The molecule has 2 aliphatic heterocycles. The van der Waals surface area contributed by atoms with Crippen molar-refractivity contribution in [3.63, 3.8) is 0 Å². The van der Waals surface area contributed by atoms with Gasteiger partial charge in [0.2, 0.25) is 0 Å². The number of dihydropyridines is 1. The summed E-state index contributed by atoms with van der Waals surface area (Å²) in [6, 6.07) is 43.8. The summed E-state index contributed by atoms with van der Waals surface area (Å²) >= 11 is 0. The van der Waals surface area contributed by atoms with Crippen LogP contribution < -0.4 is 16.0 Å². The van der Waals surface area contributed by atoms with Crippen molar-refractivity contribution in [3.05, 3.63) is 161 Å². The summed E-state index contributed by atoms with van der Waals surface area (Å²) in [5.41, 5.74) is 14.3. The van der Waals surface area contributed by atoms with Crippen LogP contribution in [-0.2, 0) is 0 Å². The maximum absolute atomic E-state index is 6.65. The Balaban J connectivity index is 1.19. The molecule has 214 valence electrons. The van der Waals surface area contributed by atoms with Gasteiger partial charge in [-0.25, -0.2) is 0 Å². The summed E-state index contributed by atoms with van der Waals surface area (Å²) in [6.07, 6.45) is 4.24. The number of hydrogen-bond donors (Lipinski definition) is 3. The second kappa shape index (κ2) is 9.46. The Hall–Kier alpha value is -5.58. The zero-order valence-electron chi connectivity index (χ0n) is 24.5. The van der Waals surface area contributed by atoms with Gasteiger partial charge in [0.25, 0.3) is 0 Å². The number of para-hydroxylation sites is 1. The summed E-state index contributed by atoms with van der Waals surface area (Å²) < 4.78 is 6.65. The molecule has 0 bridgehead atoms. The van der Waals surface area contributed by atoms with E-state index in [2.05, 4.69) is 150 Å². The van der Waals surface area contributed by atoms with Crippen molar-refractivity contribution < 1.29 is 4.42 Å². The fourth-order valence-electron chi connectivity index (χ4n) is 7.79. The van der Waals surface area contributed by atoms with Gasteiger partial charge < -0.3 is 15.1 Å². The van der Waals surface area contributed by atoms with Crippen molar-refractivity contribution in [2.45, 2.75) is 12.2 Å². The van der Waals surface area contributed by atoms with Crippen LogP contribution in [0.1, 0.15) is 40.0 Å². The van der Waals surface area contributed by atoms with E-state index in [1.807, 2.05) is 0 Å². The Bertz CT molecular complexity index is 2400. The minimum Gasteiger partial charge on any atom is -0.456 e. The van der Waals surface area contributed by atoms with Crippen molar-refractivity contribution in [1.82, 2.24) is 10.6 Å². The Morgan fingerprint density at radius 2 is 1.42 bits per heavy atom. The number of furan rings is 1. The van der Waals surface area contributed by atoms with Gasteiger partial charge in [-0.3, -0.25) is 5.32 Å². The van der Waals surface area contributed by atoms with Gasteiger partial charge in [-0.2, -0.15) is 0 Å². The first kappa shape index (κ1) is 24.8. The first-order chi connectivity index (χ1) is 22.3. The van der Waals surface area contributed by atoms with Crippen LogP contribution in [0.25, 0.3) is 55.0 Å². The predicted molar refractivity (Wildman–Crippen MR) is 185 cm³/mol. The van der Waals surface area contributed by atoms with Crippen molar-refractivity contribution in [1.29, 1.82) is 0 Å². The van der Waals surface area contributed by atoms with Gasteiger partial charge in [0, 0.05) is 23.0 Å². The normalized spacial score (nSPS) is 18.2. The molecule has 4 nitrogen and oxygen atoms in total. The lowest BCUT2D eigenvalue weighted by molar-refractivity contribution is 0.506.